The molecule has 92 valence electrons. The number of halogens is 1. The largest absolute Gasteiger partial charge is 0.391 e. The fourth-order valence-corrected chi connectivity index (χ4v) is 3.08. The third-order valence-electron chi connectivity index (χ3n) is 2.95. The quantitative estimate of drug-likeness (QED) is 0.724. The second kappa shape index (κ2) is 4.16. The number of nitrogens with zero attached hydrogens (tertiary/aromatic N) is 1. The van der Waals surface area contributed by atoms with Crippen molar-refractivity contribution in [3.63, 3.8) is 0 Å². The molecule has 2 aliphatic rings. The Hall–Kier alpha value is -0.330. The van der Waals surface area contributed by atoms with Crippen molar-refractivity contribution < 1.29 is 14.2 Å². The number of alkyl halides is 1. The number of fused-ring (bicyclic) bond motifs is 1. The minimum Gasteiger partial charge on any atom is -0.391 e. The summed E-state index contributed by atoms with van der Waals surface area (Å²) in [6, 6.07) is -0.178. The second-order valence-corrected chi connectivity index (χ2v) is 5.76. The molecular formula is C10H17FN2O2S. The molecule has 2 heterocycles. The van der Waals surface area contributed by atoms with Crippen molar-refractivity contribution in [3.05, 3.63) is 0 Å². The van der Waals surface area contributed by atoms with Crippen LogP contribution in [0, 0.1) is 0 Å². The molecule has 0 aromatic carbocycles. The summed E-state index contributed by atoms with van der Waals surface area (Å²) in [5, 5.41) is 13.8. The van der Waals surface area contributed by atoms with Crippen molar-refractivity contribution in [2.24, 2.45) is 4.99 Å². The fourth-order valence-electron chi connectivity index (χ4n) is 1.96. The Balaban J connectivity index is 2.10. The summed E-state index contributed by atoms with van der Waals surface area (Å²) in [6.45, 7) is 2.96. The van der Waals surface area contributed by atoms with E-state index in [1.807, 2.05) is 0 Å². The Labute approximate surface area is 98.7 Å². The molecule has 0 aliphatic carbocycles. The zero-order valence-electron chi connectivity index (χ0n) is 9.61. The van der Waals surface area contributed by atoms with Gasteiger partial charge in [-0.1, -0.05) is 11.8 Å². The number of aliphatic imine (C=N–C) groups is 1. The number of amidine groups is 1. The predicted molar refractivity (Wildman–Crippen MR) is 62.3 cm³/mol. The van der Waals surface area contributed by atoms with E-state index in [1.54, 1.807) is 7.05 Å². The highest BCUT2D eigenvalue weighted by molar-refractivity contribution is 8.14. The van der Waals surface area contributed by atoms with Gasteiger partial charge in [-0.25, -0.2) is 4.39 Å². The molecule has 0 aromatic heterocycles. The molecule has 0 bridgehead atoms. The highest BCUT2D eigenvalue weighted by atomic mass is 32.2. The van der Waals surface area contributed by atoms with Crippen molar-refractivity contribution in [2.45, 2.75) is 49.6 Å². The number of thioether (sulfide) groups is 1. The van der Waals surface area contributed by atoms with Crippen LogP contribution >= 0.6 is 11.8 Å². The van der Waals surface area contributed by atoms with E-state index in [0.717, 1.165) is 5.17 Å². The van der Waals surface area contributed by atoms with Crippen LogP contribution < -0.4 is 5.32 Å². The topological polar surface area (TPSA) is 53.9 Å². The van der Waals surface area contributed by atoms with E-state index < -0.39 is 17.9 Å². The number of aliphatic hydroxyl groups is 1. The van der Waals surface area contributed by atoms with Crippen LogP contribution in [0.15, 0.2) is 4.99 Å². The molecule has 2 fully saturated rings. The van der Waals surface area contributed by atoms with E-state index in [9.17, 15) is 9.50 Å². The third-order valence-corrected chi connectivity index (χ3v) is 4.11. The van der Waals surface area contributed by atoms with E-state index in [1.165, 1.54) is 25.6 Å². The van der Waals surface area contributed by atoms with Gasteiger partial charge in [-0.05, 0) is 13.8 Å². The Kier molecular flexibility index (Phi) is 3.16. The molecule has 2 aliphatic heterocycles. The molecule has 0 unspecified atom stereocenters. The molecule has 0 aromatic rings. The maximum absolute atomic E-state index is 13.8. The summed E-state index contributed by atoms with van der Waals surface area (Å²) in [5.41, 5.74) is -1.68. The molecule has 16 heavy (non-hydrogen) atoms. The first kappa shape index (κ1) is 12.1. The monoisotopic (exact) mass is 248 g/mol. The Morgan fingerprint density at radius 3 is 2.88 bits per heavy atom. The standard InChI is InChI=1S/C10H17FN2O2S/c1-10(2,11)6-4-5(14)7-8(15-6)16-9(12-3)13-7/h5-8,14H,4H2,1-3H3,(H,12,13)/t5-,6-,7+,8+/m0/s1. The van der Waals surface area contributed by atoms with Crippen LogP contribution in [-0.4, -0.2) is 46.7 Å². The number of hydrogen-bond acceptors (Lipinski definition) is 4. The third kappa shape index (κ3) is 2.19. The van der Waals surface area contributed by atoms with Gasteiger partial charge in [-0.15, -0.1) is 0 Å². The Morgan fingerprint density at radius 1 is 1.62 bits per heavy atom. The molecule has 4 nitrogen and oxygen atoms in total. The van der Waals surface area contributed by atoms with Gasteiger partial charge in [0, 0.05) is 13.5 Å². The van der Waals surface area contributed by atoms with Crippen LogP contribution in [0.5, 0.6) is 0 Å². The number of rotatable bonds is 1. The second-order valence-electron chi connectivity index (χ2n) is 4.68. The molecular weight excluding hydrogens is 231 g/mol. The zero-order chi connectivity index (χ0) is 11.9. The summed E-state index contributed by atoms with van der Waals surface area (Å²) >= 11 is 1.41. The van der Waals surface area contributed by atoms with Gasteiger partial charge in [0.25, 0.3) is 0 Å². The smallest absolute Gasteiger partial charge is 0.159 e. The highest BCUT2D eigenvalue weighted by Gasteiger charge is 2.47. The maximum Gasteiger partial charge on any atom is 0.159 e. The lowest BCUT2D eigenvalue weighted by molar-refractivity contribution is -0.126. The van der Waals surface area contributed by atoms with Gasteiger partial charge in [-0.2, -0.15) is 0 Å². The Morgan fingerprint density at radius 2 is 2.31 bits per heavy atom. The van der Waals surface area contributed by atoms with Crippen LogP contribution in [0.1, 0.15) is 20.3 Å². The van der Waals surface area contributed by atoms with Crippen LogP contribution in [0.25, 0.3) is 0 Å². The lowest BCUT2D eigenvalue weighted by Gasteiger charge is -2.38. The normalized spacial score (nSPS) is 41.9. The van der Waals surface area contributed by atoms with Gasteiger partial charge in [-0.3, -0.25) is 4.99 Å². The molecule has 0 radical (unpaired) electrons. The lowest BCUT2D eigenvalue weighted by atomic mass is 9.92. The minimum atomic E-state index is -1.43. The van der Waals surface area contributed by atoms with Gasteiger partial charge < -0.3 is 15.2 Å². The average molecular weight is 248 g/mol. The van der Waals surface area contributed by atoms with Gasteiger partial charge >= 0.3 is 0 Å². The van der Waals surface area contributed by atoms with E-state index in [0.29, 0.717) is 6.42 Å². The van der Waals surface area contributed by atoms with Gasteiger partial charge in [0.2, 0.25) is 0 Å². The van der Waals surface area contributed by atoms with E-state index >= 15 is 0 Å². The maximum atomic E-state index is 13.8. The molecule has 0 spiro atoms. The van der Waals surface area contributed by atoms with E-state index in [4.69, 9.17) is 4.74 Å². The molecule has 2 N–H and O–H groups in total. The molecule has 4 atom stereocenters. The van der Waals surface area contributed by atoms with Crippen molar-refractivity contribution in [1.29, 1.82) is 0 Å². The van der Waals surface area contributed by atoms with E-state index in [2.05, 4.69) is 10.3 Å². The van der Waals surface area contributed by atoms with Crippen LogP contribution in [0.4, 0.5) is 4.39 Å². The summed E-state index contributed by atoms with van der Waals surface area (Å²) in [6.07, 6.45) is -0.838. The first-order chi connectivity index (χ1) is 7.41. The SMILES string of the molecule is CN=C1N[C@H]2[C@H](O[C@H](C(C)(C)F)C[C@@H]2O)S1. The van der Waals surface area contributed by atoms with Crippen LogP contribution in [-0.2, 0) is 4.74 Å². The summed E-state index contributed by atoms with van der Waals surface area (Å²) in [4.78, 5) is 4.02. The van der Waals surface area contributed by atoms with Gasteiger partial charge in [0.1, 0.15) is 11.1 Å². The first-order valence-electron chi connectivity index (χ1n) is 5.34. The predicted octanol–water partition coefficient (Wildman–Crippen LogP) is 0.901. The van der Waals surface area contributed by atoms with Crippen molar-refractivity contribution in [3.8, 4) is 0 Å². The molecule has 6 heteroatoms. The molecule has 0 amide bonds. The van der Waals surface area contributed by atoms with E-state index in [-0.39, 0.29) is 11.5 Å². The first-order valence-corrected chi connectivity index (χ1v) is 6.22. The fraction of sp³-hybridized carbons (Fsp3) is 0.900. The molecule has 2 saturated heterocycles. The van der Waals surface area contributed by atoms with Gasteiger partial charge in [0.05, 0.1) is 18.2 Å². The number of ether oxygens (including phenoxy) is 1. The van der Waals surface area contributed by atoms with Crippen molar-refractivity contribution in [2.75, 3.05) is 7.05 Å². The Bertz CT molecular complexity index is 306. The minimum absolute atomic E-state index is 0.178. The van der Waals surface area contributed by atoms with Crippen molar-refractivity contribution >= 4 is 16.9 Å². The summed E-state index contributed by atoms with van der Waals surface area (Å²) in [5.74, 6) is 0. The van der Waals surface area contributed by atoms with Crippen LogP contribution in [0.3, 0.4) is 0 Å². The number of aliphatic hydroxyl groups excluding tert-OH is 1. The lowest BCUT2D eigenvalue weighted by Crippen LogP contribution is -2.54. The zero-order valence-corrected chi connectivity index (χ0v) is 10.4. The summed E-state index contributed by atoms with van der Waals surface area (Å²) in [7, 11) is 1.68. The summed E-state index contributed by atoms with van der Waals surface area (Å²) < 4.78 is 19.5. The van der Waals surface area contributed by atoms with Gasteiger partial charge in [0.15, 0.2) is 5.17 Å². The average Bonchev–Trinajstić information content (AvgIpc) is 2.59. The van der Waals surface area contributed by atoms with Crippen LogP contribution in [0.2, 0.25) is 0 Å². The van der Waals surface area contributed by atoms with Crippen molar-refractivity contribution in [1.82, 2.24) is 5.32 Å². The number of hydrogen-bond donors (Lipinski definition) is 2. The highest BCUT2D eigenvalue weighted by Crippen LogP contribution is 2.37. The number of nitrogens with one attached hydrogen (secondary N) is 1. The molecule has 2 rings (SSSR count). The molecule has 0 saturated carbocycles.